The second-order valence-corrected chi connectivity index (χ2v) is 4.33. The summed E-state index contributed by atoms with van der Waals surface area (Å²) in [6.07, 6.45) is 5.66. The number of carboxylic acid groups (broad SMARTS) is 1. The smallest absolute Gasteiger partial charge is 0.550 e. The third kappa shape index (κ3) is 16.8. The van der Waals surface area contributed by atoms with Gasteiger partial charge in [-0.25, -0.2) is 0 Å². The summed E-state index contributed by atoms with van der Waals surface area (Å²) in [4.78, 5) is 9.93. The van der Waals surface area contributed by atoms with Crippen LogP contribution in [0.1, 0.15) is 52.4 Å². The number of hydrogen-bond acceptors (Lipinski definition) is 3. The van der Waals surface area contributed by atoms with Crippen LogP contribution in [0.25, 0.3) is 0 Å². The van der Waals surface area contributed by atoms with Crippen molar-refractivity contribution in [3.8, 4) is 0 Å². The maximum absolute atomic E-state index is 9.93. The number of ether oxygens (including phenoxy) is 1. The Morgan fingerprint density at radius 2 is 1.81 bits per heavy atom. The van der Waals surface area contributed by atoms with Crippen molar-refractivity contribution in [3.05, 3.63) is 0 Å². The summed E-state index contributed by atoms with van der Waals surface area (Å²) in [6.45, 7) is 6.28. The Hall–Kier alpha value is 0.430. The standard InChI is InChI=1S/C8H16O2.C4H8O.Na/c1-7(2)5-3-4-6-8(9)10;1-2-4-5-3-1;/h7H,3-6H2,1-2H3,(H,9,10);1-4H2;/q;;+1/p-1. The van der Waals surface area contributed by atoms with E-state index in [4.69, 9.17) is 4.74 Å². The average molecular weight is 238 g/mol. The van der Waals surface area contributed by atoms with Crippen LogP contribution in [0.15, 0.2) is 0 Å². The van der Waals surface area contributed by atoms with E-state index in [-0.39, 0.29) is 36.0 Å². The van der Waals surface area contributed by atoms with E-state index < -0.39 is 5.97 Å². The topological polar surface area (TPSA) is 49.4 Å². The average Bonchev–Trinajstić information content (AvgIpc) is 2.69. The molecule has 3 nitrogen and oxygen atoms in total. The quantitative estimate of drug-likeness (QED) is 0.444. The molecular formula is C12H23NaO3. The van der Waals surface area contributed by atoms with Gasteiger partial charge in [-0.05, 0) is 31.6 Å². The fourth-order valence-corrected chi connectivity index (χ4v) is 1.33. The van der Waals surface area contributed by atoms with E-state index in [2.05, 4.69) is 13.8 Å². The van der Waals surface area contributed by atoms with Gasteiger partial charge < -0.3 is 14.6 Å². The Bertz CT molecular complexity index is 149. The second-order valence-electron chi connectivity index (χ2n) is 4.33. The first-order chi connectivity index (χ1) is 7.13. The van der Waals surface area contributed by atoms with Crippen molar-refractivity contribution >= 4 is 5.97 Å². The Kier molecular flexibility index (Phi) is 15.8. The monoisotopic (exact) mass is 238 g/mol. The molecule has 1 aliphatic rings. The van der Waals surface area contributed by atoms with Crippen molar-refractivity contribution < 1.29 is 44.2 Å². The molecule has 90 valence electrons. The first kappa shape index (κ1) is 18.8. The van der Waals surface area contributed by atoms with Gasteiger partial charge >= 0.3 is 29.6 Å². The zero-order valence-corrected chi connectivity index (χ0v) is 13.0. The summed E-state index contributed by atoms with van der Waals surface area (Å²) < 4.78 is 4.94. The van der Waals surface area contributed by atoms with Crippen molar-refractivity contribution in [2.75, 3.05) is 13.2 Å². The minimum atomic E-state index is -0.927. The number of carbonyl (C=O) groups excluding carboxylic acids is 1. The van der Waals surface area contributed by atoms with Gasteiger partial charge in [0.15, 0.2) is 0 Å². The van der Waals surface area contributed by atoms with Gasteiger partial charge in [0.2, 0.25) is 0 Å². The summed E-state index contributed by atoms with van der Waals surface area (Å²) >= 11 is 0. The SMILES string of the molecule is C1CCOC1.CC(C)CCCCC(=O)[O-].[Na+]. The summed E-state index contributed by atoms with van der Waals surface area (Å²) in [5.41, 5.74) is 0. The number of unbranched alkanes of at least 4 members (excludes halogenated alkanes) is 1. The zero-order valence-electron chi connectivity index (χ0n) is 11.0. The molecule has 16 heavy (non-hydrogen) atoms. The molecule has 1 rings (SSSR count). The predicted octanol–water partition coefficient (Wildman–Crippen LogP) is -1.25. The van der Waals surface area contributed by atoms with Gasteiger partial charge in [0.25, 0.3) is 0 Å². The predicted molar refractivity (Wildman–Crippen MR) is 58.4 cm³/mol. The van der Waals surface area contributed by atoms with E-state index in [1.165, 1.54) is 12.8 Å². The third-order valence-corrected chi connectivity index (χ3v) is 2.24. The largest absolute Gasteiger partial charge is 1.00 e. The first-order valence-corrected chi connectivity index (χ1v) is 5.90. The van der Waals surface area contributed by atoms with Crippen LogP contribution in [-0.4, -0.2) is 19.2 Å². The van der Waals surface area contributed by atoms with Crippen molar-refractivity contribution in [2.24, 2.45) is 5.92 Å². The number of hydrogen-bond donors (Lipinski definition) is 0. The Balaban J connectivity index is 0. The van der Waals surface area contributed by atoms with Crippen LogP contribution in [0.4, 0.5) is 0 Å². The molecule has 1 saturated heterocycles. The molecule has 0 spiro atoms. The Morgan fingerprint density at radius 3 is 2.12 bits per heavy atom. The van der Waals surface area contributed by atoms with Crippen molar-refractivity contribution in [1.29, 1.82) is 0 Å². The molecule has 0 aromatic heterocycles. The molecule has 0 bridgehead atoms. The molecule has 0 atom stereocenters. The van der Waals surface area contributed by atoms with Crippen molar-refractivity contribution in [2.45, 2.75) is 52.4 Å². The molecule has 1 aliphatic heterocycles. The Labute approximate surface area is 121 Å². The Morgan fingerprint density at radius 1 is 1.25 bits per heavy atom. The maximum atomic E-state index is 9.93. The molecule has 1 fully saturated rings. The van der Waals surface area contributed by atoms with E-state index in [1.54, 1.807) is 0 Å². The molecule has 0 aromatic carbocycles. The van der Waals surface area contributed by atoms with Gasteiger partial charge in [-0.2, -0.15) is 0 Å². The van der Waals surface area contributed by atoms with Crippen molar-refractivity contribution in [1.82, 2.24) is 0 Å². The fourth-order valence-electron chi connectivity index (χ4n) is 1.33. The van der Waals surface area contributed by atoms with Gasteiger partial charge in [0.05, 0.1) is 0 Å². The minimum absolute atomic E-state index is 0. The molecule has 4 heteroatoms. The molecule has 1 heterocycles. The van der Waals surface area contributed by atoms with Crippen LogP contribution >= 0.6 is 0 Å². The molecule has 0 N–H and O–H groups in total. The van der Waals surface area contributed by atoms with Gasteiger partial charge in [-0.15, -0.1) is 0 Å². The molecular weight excluding hydrogens is 215 g/mol. The second kappa shape index (κ2) is 13.5. The van der Waals surface area contributed by atoms with E-state index in [0.717, 1.165) is 32.5 Å². The molecule has 0 aliphatic carbocycles. The third-order valence-electron chi connectivity index (χ3n) is 2.24. The van der Waals surface area contributed by atoms with Crippen LogP contribution in [-0.2, 0) is 9.53 Å². The van der Waals surface area contributed by atoms with E-state index >= 15 is 0 Å². The van der Waals surface area contributed by atoms with Gasteiger partial charge in [-0.3, -0.25) is 0 Å². The van der Waals surface area contributed by atoms with E-state index in [1.807, 2.05) is 0 Å². The summed E-state index contributed by atoms with van der Waals surface area (Å²) in [5.74, 6) is -0.245. The number of aliphatic carboxylic acids is 1. The van der Waals surface area contributed by atoms with Gasteiger partial charge in [-0.1, -0.05) is 26.7 Å². The first-order valence-electron chi connectivity index (χ1n) is 5.90. The molecule has 0 aromatic rings. The summed E-state index contributed by atoms with van der Waals surface area (Å²) in [6, 6.07) is 0. The fraction of sp³-hybridized carbons (Fsp3) is 0.917. The minimum Gasteiger partial charge on any atom is -0.550 e. The van der Waals surface area contributed by atoms with Crippen LogP contribution in [0.2, 0.25) is 0 Å². The van der Waals surface area contributed by atoms with Gasteiger partial charge in [0.1, 0.15) is 0 Å². The van der Waals surface area contributed by atoms with Crippen LogP contribution in [0.3, 0.4) is 0 Å². The van der Waals surface area contributed by atoms with Crippen molar-refractivity contribution in [3.63, 3.8) is 0 Å². The van der Waals surface area contributed by atoms with Crippen LogP contribution < -0.4 is 34.7 Å². The molecule has 0 unspecified atom stereocenters. The normalized spacial score (nSPS) is 13.9. The number of rotatable bonds is 5. The summed E-state index contributed by atoms with van der Waals surface area (Å²) in [7, 11) is 0. The summed E-state index contributed by atoms with van der Waals surface area (Å²) in [5, 5.41) is 9.93. The number of carboxylic acids is 1. The van der Waals surface area contributed by atoms with E-state index in [0.29, 0.717) is 5.92 Å². The molecule has 0 amide bonds. The zero-order chi connectivity index (χ0) is 11.5. The molecule has 0 saturated carbocycles. The van der Waals surface area contributed by atoms with Crippen LogP contribution in [0, 0.1) is 5.92 Å². The van der Waals surface area contributed by atoms with Crippen LogP contribution in [0.5, 0.6) is 0 Å². The number of carbonyl (C=O) groups is 1. The molecule has 0 radical (unpaired) electrons. The maximum Gasteiger partial charge on any atom is 1.00 e. The van der Waals surface area contributed by atoms with Gasteiger partial charge in [0, 0.05) is 19.2 Å². The van der Waals surface area contributed by atoms with E-state index in [9.17, 15) is 9.90 Å².